The highest BCUT2D eigenvalue weighted by molar-refractivity contribution is 7.89. The third-order valence-corrected chi connectivity index (χ3v) is 9.12. The molecule has 7 nitrogen and oxygen atoms in total. The lowest BCUT2D eigenvalue weighted by atomic mass is 9.85. The van der Waals surface area contributed by atoms with Crippen molar-refractivity contribution in [3.63, 3.8) is 0 Å². The van der Waals surface area contributed by atoms with Gasteiger partial charge >= 0.3 is 0 Å². The third-order valence-electron chi connectivity index (χ3n) is 7.01. The van der Waals surface area contributed by atoms with Crippen LogP contribution in [0.1, 0.15) is 45.1 Å². The minimum Gasteiger partial charge on any atom is -0.383 e. The Morgan fingerprint density at radius 3 is 2.28 bits per heavy atom. The van der Waals surface area contributed by atoms with Crippen LogP contribution in [0.3, 0.4) is 0 Å². The van der Waals surface area contributed by atoms with E-state index in [4.69, 9.17) is 4.74 Å². The number of sulfonamides is 1. The summed E-state index contributed by atoms with van der Waals surface area (Å²) in [6.45, 7) is 10.3. The van der Waals surface area contributed by atoms with E-state index in [1.54, 1.807) is 23.5 Å². The SMILES string of the molecule is COCCN([C@H]1CC[C@H](C(=O)N2CCN(C(C)C)CC2)CC1)S(=O)(=O)c1ccccc1C. The van der Waals surface area contributed by atoms with Crippen LogP contribution in [0.15, 0.2) is 29.2 Å². The Bertz CT molecular complexity index is 858. The number of benzene rings is 1. The van der Waals surface area contributed by atoms with Gasteiger partial charge in [0, 0.05) is 57.8 Å². The van der Waals surface area contributed by atoms with Crippen molar-refractivity contribution in [3.05, 3.63) is 29.8 Å². The standard InChI is InChI=1S/C24H39N3O4S/c1-19(2)25-13-15-26(16-14-25)24(28)21-9-11-22(12-10-21)27(17-18-31-4)32(29,30)23-8-6-5-7-20(23)3/h5-8,19,21-22H,9-18H2,1-4H3/t21-,22-. The molecule has 32 heavy (non-hydrogen) atoms. The minimum atomic E-state index is -3.62. The molecule has 1 aliphatic carbocycles. The lowest BCUT2D eigenvalue weighted by molar-refractivity contribution is -0.138. The summed E-state index contributed by atoms with van der Waals surface area (Å²) >= 11 is 0. The molecular weight excluding hydrogens is 426 g/mol. The Morgan fingerprint density at radius 2 is 1.72 bits per heavy atom. The van der Waals surface area contributed by atoms with Gasteiger partial charge in [-0.1, -0.05) is 18.2 Å². The summed E-state index contributed by atoms with van der Waals surface area (Å²) in [5.41, 5.74) is 0.749. The van der Waals surface area contributed by atoms with Gasteiger partial charge in [0.05, 0.1) is 11.5 Å². The van der Waals surface area contributed by atoms with Crippen molar-refractivity contribution < 1.29 is 17.9 Å². The predicted octanol–water partition coefficient (Wildman–Crippen LogP) is 2.74. The average Bonchev–Trinajstić information content (AvgIpc) is 2.79. The number of hydrogen-bond donors (Lipinski definition) is 0. The van der Waals surface area contributed by atoms with Crippen molar-refractivity contribution in [3.8, 4) is 0 Å². The highest BCUT2D eigenvalue weighted by Crippen LogP contribution is 2.32. The molecule has 1 heterocycles. The van der Waals surface area contributed by atoms with E-state index >= 15 is 0 Å². The first-order chi connectivity index (χ1) is 15.3. The highest BCUT2D eigenvalue weighted by atomic mass is 32.2. The summed E-state index contributed by atoms with van der Waals surface area (Å²) in [7, 11) is -2.03. The Balaban J connectivity index is 1.64. The molecule has 0 atom stereocenters. The van der Waals surface area contributed by atoms with Crippen molar-refractivity contribution in [1.82, 2.24) is 14.1 Å². The van der Waals surface area contributed by atoms with Crippen LogP contribution in [0.2, 0.25) is 0 Å². The van der Waals surface area contributed by atoms with Crippen LogP contribution < -0.4 is 0 Å². The molecule has 1 saturated heterocycles. The first-order valence-corrected chi connectivity index (χ1v) is 13.3. The van der Waals surface area contributed by atoms with Gasteiger partial charge < -0.3 is 9.64 Å². The predicted molar refractivity (Wildman–Crippen MR) is 126 cm³/mol. The summed E-state index contributed by atoms with van der Waals surface area (Å²) in [5, 5.41) is 0. The van der Waals surface area contributed by atoms with E-state index in [1.807, 2.05) is 24.0 Å². The Kier molecular flexibility index (Phi) is 8.72. The molecule has 1 aromatic carbocycles. The van der Waals surface area contributed by atoms with Crippen molar-refractivity contribution in [2.75, 3.05) is 46.4 Å². The number of piperazine rings is 1. The zero-order valence-corrected chi connectivity index (χ0v) is 20.8. The van der Waals surface area contributed by atoms with E-state index < -0.39 is 10.0 Å². The largest absolute Gasteiger partial charge is 0.383 e. The first-order valence-electron chi connectivity index (χ1n) is 11.8. The van der Waals surface area contributed by atoms with Crippen LogP contribution in [0.25, 0.3) is 0 Å². The topological polar surface area (TPSA) is 70.2 Å². The van der Waals surface area contributed by atoms with Crippen molar-refractivity contribution >= 4 is 15.9 Å². The molecule has 3 rings (SSSR count). The molecule has 2 aliphatic rings. The van der Waals surface area contributed by atoms with Crippen LogP contribution in [-0.2, 0) is 19.6 Å². The smallest absolute Gasteiger partial charge is 0.243 e. The number of carbonyl (C=O) groups is 1. The second-order valence-corrected chi connectivity index (χ2v) is 11.2. The zero-order valence-electron chi connectivity index (χ0n) is 20.0. The van der Waals surface area contributed by atoms with E-state index in [0.29, 0.717) is 36.9 Å². The van der Waals surface area contributed by atoms with Gasteiger partial charge in [-0.3, -0.25) is 9.69 Å². The lowest BCUT2D eigenvalue weighted by Crippen LogP contribution is -2.52. The number of hydrogen-bond acceptors (Lipinski definition) is 5. The summed E-state index contributed by atoms with van der Waals surface area (Å²) in [5.74, 6) is 0.249. The van der Waals surface area contributed by atoms with Gasteiger partial charge in [0.25, 0.3) is 0 Å². The molecule has 1 aliphatic heterocycles. The second-order valence-electron chi connectivity index (χ2n) is 9.33. The van der Waals surface area contributed by atoms with Gasteiger partial charge in [-0.2, -0.15) is 4.31 Å². The average molecular weight is 466 g/mol. The number of amides is 1. The fraction of sp³-hybridized carbons (Fsp3) is 0.708. The third kappa shape index (κ3) is 5.71. The molecule has 0 unspecified atom stereocenters. The van der Waals surface area contributed by atoms with Gasteiger partial charge in [-0.15, -0.1) is 0 Å². The van der Waals surface area contributed by atoms with E-state index in [0.717, 1.165) is 44.6 Å². The van der Waals surface area contributed by atoms with E-state index in [9.17, 15) is 13.2 Å². The number of methoxy groups -OCH3 is 1. The summed E-state index contributed by atoms with van der Waals surface area (Å²) in [4.78, 5) is 17.9. The fourth-order valence-corrected chi connectivity index (χ4v) is 6.88. The first kappa shape index (κ1) is 25.1. The van der Waals surface area contributed by atoms with E-state index in [2.05, 4.69) is 18.7 Å². The van der Waals surface area contributed by atoms with Gasteiger partial charge in [-0.25, -0.2) is 8.42 Å². The summed E-state index contributed by atoms with van der Waals surface area (Å²) in [6.07, 6.45) is 2.88. The van der Waals surface area contributed by atoms with Crippen LogP contribution in [-0.4, -0.2) is 87.0 Å². The summed E-state index contributed by atoms with van der Waals surface area (Å²) < 4.78 is 33.8. The maximum atomic E-state index is 13.5. The Morgan fingerprint density at radius 1 is 1.09 bits per heavy atom. The monoisotopic (exact) mass is 465 g/mol. The number of carbonyl (C=O) groups excluding carboxylic acids is 1. The van der Waals surface area contributed by atoms with E-state index in [1.165, 1.54) is 0 Å². The van der Waals surface area contributed by atoms with Gasteiger partial charge in [0.15, 0.2) is 0 Å². The maximum absolute atomic E-state index is 13.5. The molecule has 8 heteroatoms. The van der Waals surface area contributed by atoms with Crippen molar-refractivity contribution in [2.24, 2.45) is 5.92 Å². The molecule has 1 amide bonds. The van der Waals surface area contributed by atoms with Crippen LogP contribution >= 0.6 is 0 Å². The van der Waals surface area contributed by atoms with Gasteiger partial charge in [0.1, 0.15) is 0 Å². The molecule has 1 saturated carbocycles. The molecular formula is C24H39N3O4S. The second kappa shape index (κ2) is 11.1. The fourth-order valence-electron chi connectivity index (χ4n) is 4.98. The molecule has 0 spiro atoms. The zero-order chi connectivity index (χ0) is 23.3. The van der Waals surface area contributed by atoms with Gasteiger partial charge in [0.2, 0.25) is 15.9 Å². The van der Waals surface area contributed by atoms with Gasteiger partial charge in [-0.05, 0) is 58.1 Å². The van der Waals surface area contributed by atoms with Crippen molar-refractivity contribution in [2.45, 2.75) is 63.4 Å². The maximum Gasteiger partial charge on any atom is 0.243 e. The molecule has 1 aromatic rings. The normalized spacial score (nSPS) is 23.1. The Hall–Kier alpha value is -1.48. The number of aryl methyl sites for hydroxylation is 1. The number of ether oxygens (including phenoxy) is 1. The lowest BCUT2D eigenvalue weighted by Gasteiger charge is -2.40. The van der Waals surface area contributed by atoms with Crippen molar-refractivity contribution in [1.29, 1.82) is 0 Å². The number of nitrogens with zero attached hydrogens (tertiary/aromatic N) is 3. The summed E-state index contributed by atoms with van der Waals surface area (Å²) in [6, 6.07) is 7.54. The molecule has 0 radical (unpaired) electrons. The minimum absolute atomic E-state index is 0.00212. The molecule has 0 N–H and O–H groups in total. The molecule has 180 valence electrons. The Labute approximate surface area is 193 Å². The molecule has 0 bridgehead atoms. The van der Waals surface area contributed by atoms with Crippen LogP contribution in [0, 0.1) is 12.8 Å². The molecule has 2 fully saturated rings. The van der Waals surface area contributed by atoms with Crippen LogP contribution in [0.4, 0.5) is 0 Å². The van der Waals surface area contributed by atoms with E-state index in [-0.39, 0.29) is 17.9 Å². The highest BCUT2D eigenvalue weighted by Gasteiger charge is 2.37. The van der Waals surface area contributed by atoms with Crippen LogP contribution in [0.5, 0.6) is 0 Å². The molecule has 0 aromatic heterocycles. The quantitative estimate of drug-likeness (QED) is 0.590. The number of rotatable bonds is 8.